The molecule has 1 aromatic rings. The van der Waals surface area contributed by atoms with Crippen LogP contribution in [0, 0.1) is 17.2 Å². The maximum Gasteiger partial charge on any atom is 0.185 e. The Labute approximate surface area is 99.3 Å². The van der Waals surface area contributed by atoms with Gasteiger partial charge in [-0.3, -0.25) is 0 Å². The Bertz CT molecular complexity index is 345. The molecule has 0 amide bonds. The van der Waals surface area contributed by atoms with Gasteiger partial charge in [-0.05, 0) is 13.8 Å². The molecule has 0 saturated heterocycles. The van der Waals surface area contributed by atoms with Gasteiger partial charge in [-0.25, -0.2) is 4.98 Å². The molecule has 15 heavy (non-hydrogen) atoms. The summed E-state index contributed by atoms with van der Waals surface area (Å²) in [5.74, 6) is 0.468. The van der Waals surface area contributed by atoms with Gasteiger partial charge in [-0.15, -0.1) is 22.9 Å². The molecular formula is C10H14ClN3S. The Morgan fingerprint density at radius 1 is 1.73 bits per heavy atom. The predicted molar refractivity (Wildman–Crippen MR) is 64.3 cm³/mol. The van der Waals surface area contributed by atoms with Gasteiger partial charge >= 0.3 is 0 Å². The summed E-state index contributed by atoms with van der Waals surface area (Å²) < 4.78 is 0. The van der Waals surface area contributed by atoms with Crippen molar-refractivity contribution in [2.24, 2.45) is 5.92 Å². The minimum Gasteiger partial charge on any atom is -0.347 e. The van der Waals surface area contributed by atoms with Crippen LogP contribution in [-0.2, 0) is 5.88 Å². The number of nitrogens with zero attached hydrogens (tertiary/aromatic N) is 3. The van der Waals surface area contributed by atoms with E-state index >= 15 is 0 Å². The Kier molecular flexibility index (Phi) is 4.86. The summed E-state index contributed by atoms with van der Waals surface area (Å²) in [6, 6.07) is 2.23. The van der Waals surface area contributed by atoms with Crippen molar-refractivity contribution in [1.29, 1.82) is 5.26 Å². The van der Waals surface area contributed by atoms with Gasteiger partial charge in [-0.1, -0.05) is 0 Å². The number of halogens is 1. The Hall–Kier alpha value is -0.790. The zero-order chi connectivity index (χ0) is 11.3. The fourth-order valence-electron chi connectivity index (χ4n) is 1.22. The van der Waals surface area contributed by atoms with Crippen LogP contribution in [-0.4, -0.2) is 18.1 Å². The number of rotatable bonds is 5. The second-order valence-electron chi connectivity index (χ2n) is 3.32. The summed E-state index contributed by atoms with van der Waals surface area (Å²) >= 11 is 7.27. The summed E-state index contributed by atoms with van der Waals surface area (Å²) in [5, 5.41) is 11.7. The van der Waals surface area contributed by atoms with Gasteiger partial charge in [0.25, 0.3) is 0 Å². The van der Waals surface area contributed by atoms with Crippen LogP contribution in [0.25, 0.3) is 0 Å². The molecular weight excluding hydrogens is 230 g/mol. The molecule has 0 aromatic carbocycles. The number of hydrogen-bond donors (Lipinski definition) is 0. The van der Waals surface area contributed by atoms with Crippen molar-refractivity contribution in [1.82, 2.24) is 4.98 Å². The number of hydrogen-bond acceptors (Lipinski definition) is 4. The number of thiazole rings is 1. The van der Waals surface area contributed by atoms with Crippen LogP contribution in [0.2, 0.25) is 0 Å². The van der Waals surface area contributed by atoms with E-state index in [9.17, 15) is 0 Å². The maximum absolute atomic E-state index is 8.76. The van der Waals surface area contributed by atoms with Gasteiger partial charge in [0.15, 0.2) is 5.13 Å². The van der Waals surface area contributed by atoms with E-state index in [2.05, 4.69) is 22.9 Å². The average Bonchev–Trinajstić information content (AvgIpc) is 2.73. The number of nitriles is 1. The fourth-order valence-corrected chi connectivity index (χ4v) is 2.35. The van der Waals surface area contributed by atoms with Crippen LogP contribution in [0.4, 0.5) is 5.13 Å². The van der Waals surface area contributed by atoms with Gasteiger partial charge in [0.2, 0.25) is 0 Å². The van der Waals surface area contributed by atoms with E-state index in [1.165, 1.54) is 0 Å². The molecule has 0 fully saturated rings. The molecule has 0 spiro atoms. The molecule has 0 saturated carbocycles. The molecule has 0 aliphatic rings. The van der Waals surface area contributed by atoms with Crippen LogP contribution >= 0.6 is 22.9 Å². The van der Waals surface area contributed by atoms with Crippen molar-refractivity contribution in [3.8, 4) is 6.07 Å². The Balaban J connectivity index is 2.70. The fraction of sp³-hybridized carbons (Fsp3) is 0.600. The molecule has 82 valence electrons. The summed E-state index contributed by atoms with van der Waals surface area (Å²) in [4.78, 5) is 6.50. The highest BCUT2D eigenvalue weighted by molar-refractivity contribution is 7.13. The van der Waals surface area contributed by atoms with E-state index in [0.717, 1.165) is 23.9 Å². The molecule has 0 N–H and O–H groups in total. The summed E-state index contributed by atoms with van der Waals surface area (Å²) in [6.07, 6.45) is 0. The smallest absolute Gasteiger partial charge is 0.185 e. The SMILES string of the molecule is CCN(CC(C)C#N)c1nc(CCl)cs1. The highest BCUT2D eigenvalue weighted by atomic mass is 35.5. The van der Waals surface area contributed by atoms with Gasteiger partial charge < -0.3 is 4.90 Å². The van der Waals surface area contributed by atoms with Gasteiger partial charge in [0.1, 0.15) is 0 Å². The minimum absolute atomic E-state index is 0.0216. The third-order valence-corrected chi connectivity index (χ3v) is 3.27. The second kappa shape index (κ2) is 5.94. The predicted octanol–water partition coefficient (Wildman–Crippen LogP) is 2.87. The Morgan fingerprint density at radius 3 is 2.93 bits per heavy atom. The van der Waals surface area contributed by atoms with E-state index in [-0.39, 0.29) is 5.92 Å². The maximum atomic E-state index is 8.76. The molecule has 0 aliphatic heterocycles. The van der Waals surface area contributed by atoms with E-state index in [1.54, 1.807) is 11.3 Å². The van der Waals surface area contributed by atoms with Crippen molar-refractivity contribution in [2.45, 2.75) is 19.7 Å². The van der Waals surface area contributed by atoms with Gasteiger partial charge in [0, 0.05) is 18.5 Å². The largest absolute Gasteiger partial charge is 0.347 e. The molecule has 1 heterocycles. The van der Waals surface area contributed by atoms with Crippen LogP contribution < -0.4 is 4.90 Å². The monoisotopic (exact) mass is 243 g/mol. The van der Waals surface area contributed by atoms with E-state index in [1.807, 2.05) is 12.3 Å². The number of aromatic nitrogens is 1. The first-order chi connectivity index (χ1) is 7.21. The van der Waals surface area contributed by atoms with E-state index in [4.69, 9.17) is 16.9 Å². The van der Waals surface area contributed by atoms with Crippen molar-refractivity contribution in [3.63, 3.8) is 0 Å². The molecule has 1 atom stereocenters. The topological polar surface area (TPSA) is 39.9 Å². The Morgan fingerprint density at radius 2 is 2.47 bits per heavy atom. The first kappa shape index (κ1) is 12.3. The third-order valence-electron chi connectivity index (χ3n) is 2.04. The molecule has 1 aromatic heterocycles. The lowest BCUT2D eigenvalue weighted by Gasteiger charge is -2.20. The molecule has 5 heteroatoms. The quantitative estimate of drug-likeness (QED) is 0.747. The van der Waals surface area contributed by atoms with Crippen molar-refractivity contribution >= 4 is 28.1 Å². The van der Waals surface area contributed by atoms with Crippen LogP contribution in [0.1, 0.15) is 19.5 Å². The molecule has 3 nitrogen and oxygen atoms in total. The lowest BCUT2D eigenvalue weighted by atomic mass is 10.2. The van der Waals surface area contributed by atoms with Crippen molar-refractivity contribution < 1.29 is 0 Å². The third kappa shape index (κ3) is 3.37. The van der Waals surface area contributed by atoms with Crippen molar-refractivity contribution in [2.75, 3.05) is 18.0 Å². The first-order valence-corrected chi connectivity index (χ1v) is 6.27. The van der Waals surface area contributed by atoms with E-state index < -0.39 is 0 Å². The second-order valence-corrected chi connectivity index (χ2v) is 4.43. The zero-order valence-electron chi connectivity index (χ0n) is 8.90. The highest BCUT2D eigenvalue weighted by Gasteiger charge is 2.12. The lowest BCUT2D eigenvalue weighted by molar-refractivity contribution is 0.684. The van der Waals surface area contributed by atoms with Crippen LogP contribution in [0.15, 0.2) is 5.38 Å². The summed E-state index contributed by atoms with van der Waals surface area (Å²) in [7, 11) is 0. The minimum atomic E-state index is 0.0216. The number of anilines is 1. The normalized spacial score (nSPS) is 12.1. The molecule has 0 bridgehead atoms. The summed E-state index contributed by atoms with van der Waals surface area (Å²) in [5.41, 5.74) is 0.903. The van der Waals surface area contributed by atoms with Gasteiger partial charge in [0.05, 0.1) is 23.6 Å². The number of alkyl halides is 1. The standard InChI is InChI=1S/C10H14ClN3S/c1-3-14(6-8(2)5-12)10-13-9(4-11)7-15-10/h7-8H,3-4,6H2,1-2H3. The molecule has 1 unspecified atom stereocenters. The van der Waals surface area contributed by atoms with Crippen LogP contribution in [0.5, 0.6) is 0 Å². The molecule has 0 aliphatic carbocycles. The average molecular weight is 244 g/mol. The molecule has 0 radical (unpaired) electrons. The van der Waals surface area contributed by atoms with Crippen molar-refractivity contribution in [3.05, 3.63) is 11.1 Å². The first-order valence-electron chi connectivity index (χ1n) is 4.86. The molecule has 1 rings (SSSR count). The summed E-state index contributed by atoms with van der Waals surface area (Å²) in [6.45, 7) is 5.56. The lowest BCUT2D eigenvalue weighted by Crippen LogP contribution is -2.27. The van der Waals surface area contributed by atoms with Gasteiger partial charge in [-0.2, -0.15) is 5.26 Å². The highest BCUT2D eigenvalue weighted by Crippen LogP contribution is 2.22. The van der Waals surface area contributed by atoms with E-state index in [0.29, 0.717) is 5.88 Å². The van der Waals surface area contributed by atoms with Crippen LogP contribution in [0.3, 0.4) is 0 Å². The zero-order valence-corrected chi connectivity index (χ0v) is 10.5.